The van der Waals surface area contributed by atoms with Gasteiger partial charge in [0.2, 0.25) is 0 Å². The van der Waals surface area contributed by atoms with Gasteiger partial charge in [0.05, 0.1) is 0 Å². The third-order valence-corrected chi connectivity index (χ3v) is 3.53. The Morgan fingerprint density at radius 1 is 1.45 bits per heavy atom. The van der Waals surface area contributed by atoms with Crippen LogP contribution in [-0.4, -0.2) is 18.6 Å². The Morgan fingerprint density at radius 2 is 2.20 bits per heavy atom. The second kappa shape index (κ2) is 6.98. The number of allylic oxidation sites excluding steroid dienone is 1. The Kier molecular flexibility index (Phi) is 5.04. The normalized spacial score (nSPS) is 15.0. The molecule has 1 amide bonds. The highest BCUT2D eigenvalue weighted by molar-refractivity contribution is 5.78. The van der Waals surface area contributed by atoms with Crippen molar-refractivity contribution in [2.75, 3.05) is 12.3 Å². The van der Waals surface area contributed by atoms with Gasteiger partial charge in [0, 0.05) is 11.7 Å². The number of nitrogens with two attached hydrogens (primary N) is 1. The van der Waals surface area contributed by atoms with Gasteiger partial charge in [-0.2, -0.15) is 0 Å². The molecular weight excluding hydrogens is 252 g/mol. The molecule has 1 saturated carbocycles. The molecule has 20 heavy (non-hydrogen) atoms. The number of anilines is 1. The average Bonchev–Trinajstić information content (AvgIpc) is 2.91. The highest BCUT2D eigenvalue weighted by atomic mass is 16.5. The topological polar surface area (TPSA) is 64.3 Å². The lowest BCUT2D eigenvalue weighted by Crippen LogP contribution is -2.36. The molecule has 0 aliphatic heterocycles. The van der Waals surface area contributed by atoms with E-state index in [1.165, 1.54) is 12.8 Å². The maximum Gasteiger partial charge on any atom is 0.258 e. The van der Waals surface area contributed by atoms with Gasteiger partial charge < -0.3 is 15.8 Å². The zero-order chi connectivity index (χ0) is 14.4. The van der Waals surface area contributed by atoms with Crippen molar-refractivity contribution in [1.82, 2.24) is 5.32 Å². The third kappa shape index (κ3) is 4.02. The van der Waals surface area contributed by atoms with Crippen molar-refractivity contribution >= 4 is 11.6 Å². The van der Waals surface area contributed by atoms with Gasteiger partial charge in [0.1, 0.15) is 5.75 Å². The van der Waals surface area contributed by atoms with Crippen LogP contribution in [0.3, 0.4) is 0 Å². The Hall–Kier alpha value is -1.97. The van der Waals surface area contributed by atoms with Gasteiger partial charge >= 0.3 is 0 Å². The number of hydrogen-bond donors (Lipinski definition) is 2. The first-order chi connectivity index (χ1) is 9.69. The fourth-order valence-corrected chi connectivity index (χ4v) is 2.54. The minimum absolute atomic E-state index is 0.0462. The summed E-state index contributed by atoms with van der Waals surface area (Å²) in [6.07, 6.45) is 7.02. The van der Waals surface area contributed by atoms with Crippen LogP contribution in [0.2, 0.25) is 0 Å². The predicted octanol–water partition coefficient (Wildman–Crippen LogP) is 2.43. The Morgan fingerprint density at radius 3 is 2.90 bits per heavy atom. The molecule has 0 aromatic heterocycles. The van der Waals surface area contributed by atoms with Gasteiger partial charge in [-0.25, -0.2) is 0 Å². The summed E-state index contributed by atoms with van der Waals surface area (Å²) < 4.78 is 5.60. The zero-order valence-electron chi connectivity index (χ0n) is 11.7. The van der Waals surface area contributed by atoms with E-state index in [1.54, 1.807) is 18.2 Å². The molecule has 3 N–H and O–H groups in total. The van der Waals surface area contributed by atoms with Crippen molar-refractivity contribution in [2.24, 2.45) is 0 Å². The first-order valence-electron chi connectivity index (χ1n) is 7.10. The number of nitrogens with one attached hydrogen (secondary N) is 1. The van der Waals surface area contributed by atoms with Crippen molar-refractivity contribution in [3.05, 3.63) is 36.4 Å². The first-order valence-corrected chi connectivity index (χ1v) is 7.10. The van der Waals surface area contributed by atoms with E-state index in [2.05, 4.69) is 11.9 Å². The summed E-state index contributed by atoms with van der Waals surface area (Å²) >= 11 is 0. The molecule has 1 fully saturated rings. The summed E-state index contributed by atoms with van der Waals surface area (Å²) in [5.41, 5.74) is 7.39. The largest absolute Gasteiger partial charge is 0.483 e. The van der Waals surface area contributed by atoms with Crippen LogP contribution in [0.5, 0.6) is 5.75 Å². The van der Waals surface area contributed by atoms with Crippen LogP contribution in [0.4, 0.5) is 5.69 Å². The van der Waals surface area contributed by atoms with Gasteiger partial charge in [-0.05, 0) is 43.0 Å². The number of rotatable bonds is 6. The van der Waals surface area contributed by atoms with E-state index < -0.39 is 0 Å². The lowest BCUT2D eigenvalue weighted by Gasteiger charge is -2.14. The SMILES string of the molecule is C=CCc1cc(N)ccc1OCC(=O)NC1CCCC1. The molecule has 0 unspecified atom stereocenters. The van der Waals surface area contributed by atoms with E-state index in [0.29, 0.717) is 23.9 Å². The molecule has 1 aliphatic carbocycles. The highest BCUT2D eigenvalue weighted by Crippen LogP contribution is 2.22. The molecule has 4 nitrogen and oxygen atoms in total. The van der Waals surface area contributed by atoms with Gasteiger partial charge in [-0.15, -0.1) is 6.58 Å². The minimum atomic E-state index is -0.0571. The first kappa shape index (κ1) is 14.4. The van der Waals surface area contributed by atoms with Crippen LogP contribution in [0, 0.1) is 0 Å². The minimum Gasteiger partial charge on any atom is -0.483 e. The number of benzene rings is 1. The molecule has 0 saturated heterocycles. The smallest absolute Gasteiger partial charge is 0.258 e. The van der Waals surface area contributed by atoms with Gasteiger partial charge in [-0.3, -0.25) is 4.79 Å². The maximum atomic E-state index is 11.8. The number of carbonyl (C=O) groups is 1. The summed E-state index contributed by atoms with van der Waals surface area (Å²) in [5.74, 6) is 0.638. The number of nitrogen functional groups attached to an aromatic ring is 1. The third-order valence-electron chi connectivity index (χ3n) is 3.53. The van der Waals surface area contributed by atoms with Crippen molar-refractivity contribution in [3.8, 4) is 5.75 Å². The summed E-state index contributed by atoms with van der Waals surface area (Å²) in [6, 6.07) is 5.75. The van der Waals surface area contributed by atoms with Crippen LogP contribution in [0.25, 0.3) is 0 Å². The predicted molar refractivity (Wildman–Crippen MR) is 80.6 cm³/mol. The van der Waals surface area contributed by atoms with E-state index in [0.717, 1.165) is 18.4 Å². The van der Waals surface area contributed by atoms with Crippen LogP contribution in [0.1, 0.15) is 31.2 Å². The maximum absolute atomic E-state index is 11.8. The monoisotopic (exact) mass is 274 g/mol. The molecule has 4 heteroatoms. The molecule has 108 valence electrons. The summed E-state index contributed by atoms with van der Waals surface area (Å²) in [7, 11) is 0. The van der Waals surface area contributed by atoms with Crippen LogP contribution < -0.4 is 15.8 Å². The number of hydrogen-bond acceptors (Lipinski definition) is 3. The highest BCUT2D eigenvalue weighted by Gasteiger charge is 2.17. The molecule has 1 aromatic rings. The fourth-order valence-electron chi connectivity index (χ4n) is 2.54. The molecule has 0 radical (unpaired) electrons. The standard InChI is InChI=1S/C16H22N2O2/c1-2-5-12-10-13(17)8-9-15(12)20-11-16(19)18-14-6-3-4-7-14/h2,8-10,14H,1,3-7,11,17H2,(H,18,19). The van der Waals surface area contributed by atoms with E-state index in [4.69, 9.17) is 10.5 Å². The Bertz CT molecular complexity index is 479. The molecular formula is C16H22N2O2. The van der Waals surface area contributed by atoms with Crippen LogP contribution >= 0.6 is 0 Å². The lowest BCUT2D eigenvalue weighted by atomic mass is 10.1. The summed E-state index contributed by atoms with van der Waals surface area (Å²) in [4.78, 5) is 11.8. The van der Waals surface area contributed by atoms with Crippen molar-refractivity contribution in [3.63, 3.8) is 0 Å². The fraction of sp³-hybridized carbons (Fsp3) is 0.438. The number of amides is 1. The number of ether oxygens (including phenoxy) is 1. The second-order valence-electron chi connectivity index (χ2n) is 5.20. The molecule has 0 heterocycles. The lowest BCUT2D eigenvalue weighted by molar-refractivity contribution is -0.123. The molecule has 0 atom stereocenters. The molecule has 1 aliphatic rings. The van der Waals surface area contributed by atoms with Crippen LogP contribution in [0.15, 0.2) is 30.9 Å². The van der Waals surface area contributed by atoms with Crippen molar-refractivity contribution in [2.45, 2.75) is 38.1 Å². The average molecular weight is 274 g/mol. The second-order valence-corrected chi connectivity index (χ2v) is 5.20. The van der Waals surface area contributed by atoms with Crippen LogP contribution in [-0.2, 0) is 11.2 Å². The summed E-state index contributed by atoms with van der Waals surface area (Å²) in [6.45, 7) is 3.76. The Balaban J connectivity index is 1.89. The molecule has 2 rings (SSSR count). The van der Waals surface area contributed by atoms with E-state index in [9.17, 15) is 4.79 Å². The molecule has 0 spiro atoms. The Labute approximate surface area is 120 Å². The van der Waals surface area contributed by atoms with Crippen molar-refractivity contribution < 1.29 is 9.53 Å². The molecule has 1 aromatic carbocycles. The van der Waals surface area contributed by atoms with E-state index in [1.807, 2.05) is 6.07 Å². The van der Waals surface area contributed by atoms with Crippen molar-refractivity contribution in [1.29, 1.82) is 0 Å². The van der Waals surface area contributed by atoms with Gasteiger partial charge in [0.25, 0.3) is 5.91 Å². The zero-order valence-corrected chi connectivity index (χ0v) is 11.7. The summed E-state index contributed by atoms with van der Waals surface area (Å²) in [5, 5.41) is 3.00. The van der Waals surface area contributed by atoms with Gasteiger partial charge in [0.15, 0.2) is 6.61 Å². The van der Waals surface area contributed by atoms with Gasteiger partial charge in [-0.1, -0.05) is 18.9 Å². The number of carbonyl (C=O) groups excluding carboxylic acids is 1. The quantitative estimate of drug-likeness (QED) is 0.618. The molecule has 0 bridgehead atoms. The van der Waals surface area contributed by atoms with E-state index in [-0.39, 0.29) is 12.5 Å². The van der Waals surface area contributed by atoms with E-state index >= 15 is 0 Å².